The average Bonchev–Trinajstić information content (AvgIpc) is 3.32. The number of rotatable bonds is 5. The molecule has 0 aliphatic carbocycles. The van der Waals surface area contributed by atoms with Crippen LogP contribution in [0.1, 0.15) is 42.1 Å². The summed E-state index contributed by atoms with van der Waals surface area (Å²) in [6.07, 6.45) is 10.0. The van der Waals surface area contributed by atoms with Crippen molar-refractivity contribution in [1.29, 1.82) is 0 Å². The molecule has 1 saturated heterocycles. The minimum Gasteiger partial charge on any atom is -0.337 e. The number of piperidine rings is 1. The third-order valence-electron chi connectivity index (χ3n) is 5.39. The highest BCUT2D eigenvalue weighted by molar-refractivity contribution is 5.06. The van der Waals surface area contributed by atoms with Crippen molar-refractivity contribution >= 4 is 0 Å². The van der Waals surface area contributed by atoms with Crippen molar-refractivity contribution in [1.82, 2.24) is 38.8 Å². The zero-order valence-corrected chi connectivity index (χ0v) is 15.7. The van der Waals surface area contributed by atoms with E-state index in [-0.39, 0.29) is 0 Å². The normalized spacial score (nSPS) is 18.5. The standard InChI is InChI=1S/C18H26N8/c1-14-19-7-10-26(14)13-17-21-22-18(24(17)3)15-5-4-8-25(11-15)12-16-20-6-9-23(16)2/h6-7,9-10,15H,4-5,8,11-13H2,1-3H3/t15-/m1/s1. The van der Waals surface area contributed by atoms with E-state index in [0.29, 0.717) is 12.5 Å². The van der Waals surface area contributed by atoms with E-state index in [2.05, 4.69) is 52.9 Å². The summed E-state index contributed by atoms with van der Waals surface area (Å²) in [4.78, 5) is 11.2. The fourth-order valence-corrected chi connectivity index (χ4v) is 3.75. The second kappa shape index (κ2) is 7.03. The Hall–Kier alpha value is -2.48. The minimum atomic E-state index is 0.416. The quantitative estimate of drug-likeness (QED) is 0.694. The van der Waals surface area contributed by atoms with Crippen molar-refractivity contribution < 1.29 is 0 Å². The fourth-order valence-electron chi connectivity index (χ4n) is 3.75. The summed E-state index contributed by atoms with van der Waals surface area (Å²) in [5.74, 6) is 4.58. The van der Waals surface area contributed by atoms with Crippen LogP contribution in [0, 0.1) is 6.92 Å². The van der Waals surface area contributed by atoms with E-state index in [4.69, 9.17) is 0 Å². The van der Waals surface area contributed by atoms with Crippen molar-refractivity contribution in [3.8, 4) is 0 Å². The van der Waals surface area contributed by atoms with Crippen LogP contribution in [-0.2, 0) is 27.2 Å². The fraction of sp³-hybridized carbons (Fsp3) is 0.556. The van der Waals surface area contributed by atoms with Gasteiger partial charge in [0.05, 0.1) is 13.1 Å². The molecular weight excluding hydrogens is 328 g/mol. The number of hydrogen-bond donors (Lipinski definition) is 0. The highest BCUT2D eigenvalue weighted by Crippen LogP contribution is 2.26. The lowest BCUT2D eigenvalue weighted by molar-refractivity contribution is 0.189. The molecule has 1 aliphatic rings. The van der Waals surface area contributed by atoms with Crippen molar-refractivity contribution in [3.63, 3.8) is 0 Å². The van der Waals surface area contributed by atoms with Crippen molar-refractivity contribution in [2.45, 2.75) is 38.8 Å². The largest absolute Gasteiger partial charge is 0.337 e. The molecule has 4 heterocycles. The second-order valence-corrected chi connectivity index (χ2v) is 7.16. The molecule has 4 rings (SSSR count). The predicted octanol–water partition coefficient (Wildman–Crippen LogP) is 1.48. The van der Waals surface area contributed by atoms with E-state index in [1.807, 2.05) is 31.7 Å². The van der Waals surface area contributed by atoms with Crippen LogP contribution >= 0.6 is 0 Å². The Kier molecular flexibility index (Phi) is 4.58. The van der Waals surface area contributed by atoms with Crippen LogP contribution in [0.5, 0.6) is 0 Å². The molecule has 0 unspecified atom stereocenters. The third kappa shape index (κ3) is 3.29. The zero-order chi connectivity index (χ0) is 18.1. The Balaban J connectivity index is 1.47. The monoisotopic (exact) mass is 354 g/mol. The topological polar surface area (TPSA) is 69.6 Å². The summed E-state index contributed by atoms with van der Waals surface area (Å²) < 4.78 is 6.36. The maximum atomic E-state index is 4.53. The van der Waals surface area contributed by atoms with Gasteiger partial charge >= 0.3 is 0 Å². The minimum absolute atomic E-state index is 0.416. The smallest absolute Gasteiger partial charge is 0.152 e. The molecule has 3 aromatic heterocycles. The highest BCUT2D eigenvalue weighted by atomic mass is 15.3. The van der Waals surface area contributed by atoms with Gasteiger partial charge in [-0.05, 0) is 26.3 Å². The number of imidazole rings is 2. The number of aromatic nitrogens is 7. The lowest BCUT2D eigenvalue weighted by Gasteiger charge is -2.31. The van der Waals surface area contributed by atoms with Gasteiger partial charge in [0.25, 0.3) is 0 Å². The number of hydrogen-bond acceptors (Lipinski definition) is 5. The maximum absolute atomic E-state index is 4.53. The van der Waals surface area contributed by atoms with Gasteiger partial charge in [0.1, 0.15) is 17.5 Å². The van der Waals surface area contributed by atoms with Gasteiger partial charge in [-0.2, -0.15) is 0 Å². The van der Waals surface area contributed by atoms with Gasteiger partial charge in [0.2, 0.25) is 0 Å². The van der Waals surface area contributed by atoms with Gasteiger partial charge in [-0.15, -0.1) is 10.2 Å². The van der Waals surface area contributed by atoms with Crippen molar-refractivity contribution in [2.75, 3.05) is 13.1 Å². The van der Waals surface area contributed by atoms with E-state index in [1.54, 1.807) is 0 Å². The van der Waals surface area contributed by atoms with Gasteiger partial charge in [-0.3, -0.25) is 4.90 Å². The van der Waals surface area contributed by atoms with Crippen LogP contribution in [0.3, 0.4) is 0 Å². The summed E-state index contributed by atoms with van der Waals surface area (Å²) in [7, 11) is 4.13. The van der Waals surface area contributed by atoms with Crippen LogP contribution in [0.4, 0.5) is 0 Å². The number of nitrogens with zero attached hydrogens (tertiary/aromatic N) is 8. The second-order valence-electron chi connectivity index (χ2n) is 7.16. The Morgan fingerprint density at radius 1 is 1.04 bits per heavy atom. The van der Waals surface area contributed by atoms with Gasteiger partial charge in [0.15, 0.2) is 5.82 Å². The molecule has 26 heavy (non-hydrogen) atoms. The predicted molar refractivity (Wildman–Crippen MR) is 97.5 cm³/mol. The van der Waals surface area contributed by atoms with E-state index >= 15 is 0 Å². The van der Waals surface area contributed by atoms with Crippen LogP contribution in [0.2, 0.25) is 0 Å². The van der Waals surface area contributed by atoms with E-state index in [0.717, 1.165) is 49.4 Å². The Morgan fingerprint density at radius 2 is 1.88 bits per heavy atom. The Labute approximate surface area is 153 Å². The lowest BCUT2D eigenvalue weighted by Crippen LogP contribution is -2.35. The van der Waals surface area contributed by atoms with Gasteiger partial charge in [-0.25, -0.2) is 9.97 Å². The van der Waals surface area contributed by atoms with Crippen molar-refractivity contribution in [3.05, 3.63) is 48.1 Å². The number of likely N-dealkylation sites (tertiary alicyclic amines) is 1. The maximum Gasteiger partial charge on any atom is 0.152 e. The summed E-state index contributed by atoms with van der Waals surface area (Å²) >= 11 is 0. The van der Waals surface area contributed by atoms with Crippen LogP contribution in [-0.4, -0.2) is 51.9 Å². The van der Waals surface area contributed by atoms with Gasteiger partial charge < -0.3 is 13.7 Å². The molecule has 138 valence electrons. The third-order valence-corrected chi connectivity index (χ3v) is 5.39. The summed E-state index contributed by atoms with van der Waals surface area (Å²) in [5, 5.41) is 8.98. The molecule has 8 heteroatoms. The molecule has 0 bridgehead atoms. The average molecular weight is 354 g/mol. The Morgan fingerprint density at radius 3 is 2.62 bits per heavy atom. The van der Waals surface area contributed by atoms with Crippen LogP contribution in [0.15, 0.2) is 24.8 Å². The molecule has 0 aromatic carbocycles. The van der Waals surface area contributed by atoms with Gasteiger partial charge in [0, 0.05) is 51.3 Å². The van der Waals surface area contributed by atoms with E-state index in [1.165, 1.54) is 6.42 Å². The van der Waals surface area contributed by atoms with E-state index < -0.39 is 0 Å². The van der Waals surface area contributed by atoms with Crippen molar-refractivity contribution in [2.24, 2.45) is 14.1 Å². The molecule has 1 atom stereocenters. The first kappa shape index (κ1) is 17.0. The summed E-state index contributed by atoms with van der Waals surface area (Å²) in [5.41, 5.74) is 0. The molecule has 1 aliphatic heterocycles. The molecule has 0 saturated carbocycles. The molecular formula is C18H26N8. The molecule has 0 N–H and O–H groups in total. The molecule has 0 radical (unpaired) electrons. The first-order valence-electron chi connectivity index (χ1n) is 9.16. The zero-order valence-electron chi connectivity index (χ0n) is 15.7. The van der Waals surface area contributed by atoms with Crippen LogP contribution in [0.25, 0.3) is 0 Å². The summed E-state index contributed by atoms with van der Waals surface area (Å²) in [6.45, 7) is 5.72. The lowest BCUT2D eigenvalue weighted by atomic mass is 9.97. The SMILES string of the molecule is Cc1nccn1Cc1nnc([C@@H]2CCCN(Cc3nccn3C)C2)n1C. The number of aryl methyl sites for hydroxylation is 2. The highest BCUT2D eigenvalue weighted by Gasteiger charge is 2.26. The first-order valence-corrected chi connectivity index (χ1v) is 9.16. The molecule has 0 spiro atoms. The molecule has 8 nitrogen and oxygen atoms in total. The summed E-state index contributed by atoms with van der Waals surface area (Å²) in [6, 6.07) is 0. The molecule has 3 aromatic rings. The molecule has 0 amide bonds. The molecule has 1 fully saturated rings. The first-order chi connectivity index (χ1) is 12.6. The Bertz CT molecular complexity index is 874. The van der Waals surface area contributed by atoms with Crippen LogP contribution < -0.4 is 0 Å². The van der Waals surface area contributed by atoms with E-state index in [9.17, 15) is 0 Å². The van der Waals surface area contributed by atoms with Gasteiger partial charge in [-0.1, -0.05) is 0 Å².